The Labute approximate surface area is 94.4 Å². The van der Waals surface area contributed by atoms with Crippen molar-refractivity contribution in [2.75, 3.05) is 6.61 Å². The molecule has 5 nitrogen and oxygen atoms in total. The van der Waals surface area contributed by atoms with E-state index < -0.39 is 29.9 Å². The van der Waals surface area contributed by atoms with E-state index in [1.807, 2.05) is 13.8 Å². The second-order valence-electron chi connectivity index (χ2n) is 3.88. The summed E-state index contributed by atoms with van der Waals surface area (Å²) in [6.45, 7) is 3.29. The molecular formula is C9H18O5S. The van der Waals surface area contributed by atoms with Gasteiger partial charge in [0.15, 0.2) is 6.29 Å². The van der Waals surface area contributed by atoms with E-state index in [1.165, 1.54) is 0 Å². The zero-order chi connectivity index (χ0) is 11.6. The Morgan fingerprint density at radius 3 is 2.40 bits per heavy atom. The molecule has 3 N–H and O–H groups in total. The van der Waals surface area contributed by atoms with E-state index in [2.05, 4.69) is 12.6 Å². The zero-order valence-corrected chi connectivity index (χ0v) is 9.67. The first-order valence-corrected chi connectivity index (χ1v) is 5.45. The van der Waals surface area contributed by atoms with Crippen LogP contribution in [0.2, 0.25) is 0 Å². The van der Waals surface area contributed by atoms with Gasteiger partial charge in [-0.1, -0.05) is 0 Å². The van der Waals surface area contributed by atoms with Gasteiger partial charge in [-0.25, -0.2) is 0 Å². The SMILES string of the molecule is CC(C)O[C@H]1O[C@H](CO)[C@H](O)[C@@H](S)[C@H]1O. The number of hydrogen-bond acceptors (Lipinski definition) is 6. The van der Waals surface area contributed by atoms with Gasteiger partial charge in [-0.05, 0) is 13.8 Å². The number of ether oxygens (including phenoxy) is 2. The highest BCUT2D eigenvalue weighted by Crippen LogP contribution is 2.26. The molecule has 0 aliphatic carbocycles. The second kappa shape index (κ2) is 5.47. The highest BCUT2D eigenvalue weighted by molar-refractivity contribution is 7.81. The molecule has 0 saturated carbocycles. The second-order valence-corrected chi connectivity index (χ2v) is 4.48. The van der Waals surface area contributed by atoms with E-state index in [4.69, 9.17) is 14.6 Å². The molecular weight excluding hydrogens is 220 g/mol. The summed E-state index contributed by atoms with van der Waals surface area (Å²) in [6, 6.07) is 0. The van der Waals surface area contributed by atoms with Crippen LogP contribution in [0.4, 0.5) is 0 Å². The van der Waals surface area contributed by atoms with Gasteiger partial charge in [-0.15, -0.1) is 0 Å². The molecule has 0 radical (unpaired) electrons. The molecule has 0 amide bonds. The van der Waals surface area contributed by atoms with E-state index in [0.29, 0.717) is 0 Å². The summed E-state index contributed by atoms with van der Waals surface area (Å²) < 4.78 is 10.5. The number of aliphatic hydroxyl groups excluding tert-OH is 3. The maximum atomic E-state index is 9.70. The van der Waals surface area contributed by atoms with Crippen LogP contribution in [-0.2, 0) is 9.47 Å². The minimum atomic E-state index is -1.01. The van der Waals surface area contributed by atoms with E-state index in [0.717, 1.165) is 0 Å². The summed E-state index contributed by atoms with van der Waals surface area (Å²) in [5, 5.41) is 27.6. The first-order chi connectivity index (χ1) is 6.97. The minimum absolute atomic E-state index is 0.111. The number of aliphatic hydroxyl groups is 3. The van der Waals surface area contributed by atoms with Crippen molar-refractivity contribution in [3.05, 3.63) is 0 Å². The lowest BCUT2D eigenvalue weighted by Crippen LogP contribution is -2.57. The maximum absolute atomic E-state index is 9.70. The summed E-state index contributed by atoms with van der Waals surface area (Å²) in [6.07, 6.45) is -3.73. The number of rotatable bonds is 3. The Bertz CT molecular complexity index is 199. The molecule has 15 heavy (non-hydrogen) atoms. The highest BCUT2D eigenvalue weighted by atomic mass is 32.1. The Kier molecular flexibility index (Phi) is 4.82. The van der Waals surface area contributed by atoms with Crippen molar-refractivity contribution in [1.29, 1.82) is 0 Å². The van der Waals surface area contributed by atoms with Gasteiger partial charge in [0, 0.05) is 0 Å². The van der Waals surface area contributed by atoms with Crippen LogP contribution < -0.4 is 0 Å². The monoisotopic (exact) mass is 238 g/mol. The summed E-state index contributed by atoms with van der Waals surface area (Å²) >= 11 is 4.07. The molecule has 0 aromatic carbocycles. The average molecular weight is 238 g/mol. The van der Waals surface area contributed by atoms with E-state index in [-0.39, 0.29) is 12.7 Å². The van der Waals surface area contributed by atoms with Crippen molar-refractivity contribution in [2.45, 2.75) is 49.8 Å². The van der Waals surface area contributed by atoms with Crippen molar-refractivity contribution < 1.29 is 24.8 Å². The molecule has 1 aliphatic rings. The van der Waals surface area contributed by atoms with Crippen LogP contribution in [0.3, 0.4) is 0 Å². The lowest BCUT2D eigenvalue weighted by molar-refractivity contribution is -0.276. The molecule has 1 heterocycles. The van der Waals surface area contributed by atoms with Gasteiger partial charge in [0.1, 0.15) is 12.2 Å². The smallest absolute Gasteiger partial charge is 0.185 e. The number of thiol groups is 1. The normalized spacial score (nSPS) is 42.2. The summed E-state index contributed by atoms with van der Waals surface area (Å²) in [4.78, 5) is 0. The van der Waals surface area contributed by atoms with Gasteiger partial charge < -0.3 is 24.8 Å². The van der Waals surface area contributed by atoms with Gasteiger partial charge in [-0.2, -0.15) is 12.6 Å². The molecule has 1 fully saturated rings. The molecule has 1 rings (SSSR count). The summed E-state index contributed by atoms with van der Waals surface area (Å²) in [5.74, 6) is 0. The van der Waals surface area contributed by atoms with Crippen LogP contribution in [0.25, 0.3) is 0 Å². The number of hydrogen-bond donors (Lipinski definition) is 4. The third-order valence-electron chi connectivity index (χ3n) is 2.25. The van der Waals surface area contributed by atoms with Crippen molar-refractivity contribution >= 4 is 12.6 Å². The third kappa shape index (κ3) is 3.05. The molecule has 90 valence electrons. The zero-order valence-electron chi connectivity index (χ0n) is 8.78. The van der Waals surface area contributed by atoms with Gasteiger partial charge in [0.25, 0.3) is 0 Å². The topological polar surface area (TPSA) is 79.2 Å². The van der Waals surface area contributed by atoms with Crippen LogP contribution in [0.15, 0.2) is 0 Å². The van der Waals surface area contributed by atoms with E-state index in [9.17, 15) is 10.2 Å². The van der Waals surface area contributed by atoms with Gasteiger partial charge in [-0.3, -0.25) is 0 Å². The lowest BCUT2D eigenvalue weighted by atomic mass is 10.0. The predicted molar refractivity (Wildman–Crippen MR) is 56.8 cm³/mol. The van der Waals surface area contributed by atoms with Crippen molar-refractivity contribution in [3.8, 4) is 0 Å². The fourth-order valence-electron chi connectivity index (χ4n) is 1.45. The largest absolute Gasteiger partial charge is 0.394 e. The molecule has 0 unspecified atom stereocenters. The van der Waals surface area contributed by atoms with Gasteiger partial charge >= 0.3 is 0 Å². The van der Waals surface area contributed by atoms with Crippen molar-refractivity contribution in [3.63, 3.8) is 0 Å². The third-order valence-corrected chi connectivity index (χ3v) is 2.87. The molecule has 0 spiro atoms. The fraction of sp³-hybridized carbons (Fsp3) is 1.00. The average Bonchev–Trinajstić information content (AvgIpc) is 2.18. The van der Waals surface area contributed by atoms with Gasteiger partial charge in [0.05, 0.1) is 24.1 Å². The molecule has 5 atom stereocenters. The minimum Gasteiger partial charge on any atom is -0.394 e. The van der Waals surface area contributed by atoms with Gasteiger partial charge in [0.2, 0.25) is 0 Å². The van der Waals surface area contributed by atoms with Crippen LogP contribution in [-0.4, -0.2) is 57.9 Å². The summed E-state index contributed by atoms with van der Waals surface area (Å²) in [5.41, 5.74) is 0. The Morgan fingerprint density at radius 2 is 1.93 bits per heavy atom. The molecule has 0 aromatic rings. The van der Waals surface area contributed by atoms with Crippen LogP contribution >= 0.6 is 12.6 Å². The van der Waals surface area contributed by atoms with Crippen LogP contribution in [0, 0.1) is 0 Å². The first kappa shape index (κ1) is 13.2. The molecule has 0 bridgehead atoms. The quantitative estimate of drug-likeness (QED) is 0.482. The van der Waals surface area contributed by atoms with E-state index >= 15 is 0 Å². The maximum Gasteiger partial charge on any atom is 0.185 e. The van der Waals surface area contributed by atoms with Crippen molar-refractivity contribution in [2.24, 2.45) is 0 Å². The molecule has 1 aliphatic heterocycles. The Hall–Kier alpha value is 0.150. The molecule has 0 aromatic heterocycles. The lowest BCUT2D eigenvalue weighted by Gasteiger charge is -2.40. The van der Waals surface area contributed by atoms with Crippen LogP contribution in [0.5, 0.6) is 0 Å². The van der Waals surface area contributed by atoms with Crippen LogP contribution in [0.1, 0.15) is 13.8 Å². The molecule has 1 saturated heterocycles. The predicted octanol–water partition coefficient (Wildman–Crippen LogP) is -0.851. The standard InChI is InChI=1S/C9H18O5S/c1-4(2)13-9-7(12)8(15)6(11)5(3-10)14-9/h4-12,15H,3H2,1-2H3/t5-,6+,7-,8-,9+/m1/s1. The first-order valence-electron chi connectivity index (χ1n) is 4.93. The van der Waals surface area contributed by atoms with E-state index in [1.54, 1.807) is 0 Å². The Morgan fingerprint density at radius 1 is 1.33 bits per heavy atom. The Balaban J connectivity index is 2.65. The fourth-order valence-corrected chi connectivity index (χ4v) is 1.78. The van der Waals surface area contributed by atoms with Crippen molar-refractivity contribution in [1.82, 2.24) is 0 Å². The highest BCUT2D eigenvalue weighted by Gasteiger charge is 2.43. The molecule has 6 heteroatoms. The summed E-state index contributed by atoms with van der Waals surface area (Å²) in [7, 11) is 0.